The van der Waals surface area contributed by atoms with Gasteiger partial charge >= 0.3 is 0 Å². The van der Waals surface area contributed by atoms with Crippen LogP contribution in [0.3, 0.4) is 0 Å². The topological polar surface area (TPSA) is 44.4 Å². The number of carbonyl (C=O) groups excluding carboxylic acids is 1. The molecule has 0 spiro atoms. The van der Waals surface area contributed by atoms with Gasteiger partial charge in [0.2, 0.25) is 5.91 Å². The maximum absolute atomic E-state index is 12.9. The van der Waals surface area contributed by atoms with Crippen LogP contribution in [0.2, 0.25) is 0 Å². The van der Waals surface area contributed by atoms with Crippen LogP contribution in [0.25, 0.3) is 0 Å². The van der Waals surface area contributed by atoms with Gasteiger partial charge in [-0.15, -0.1) is 0 Å². The lowest BCUT2D eigenvalue weighted by atomic mass is 10.2. The van der Waals surface area contributed by atoms with E-state index >= 15 is 0 Å². The van der Waals surface area contributed by atoms with Crippen molar-refractivity contribution in [3.63, 3.8) is 0 Å². The van der Waals surface area contributed by atoms with Crippen molar-refractivity contribution in [2.75, 3.05) is 36.2 Å². The minimum Gasteiger partial charge on any atom is -0.388 e. The van der Waals surface area contributed by atoms with Gasteiger partial charge in [-0.05, 0) is 42.5 Å². The van der Waals surface area contributed by atoms with Crippen LogP contribution in [-0.4, -0.2) is 26.5 Å². The quantitative estimate of drug-likeness (QED) is 0.888. The van der Waals surface area contributed by atoms with Crippen molar-refractivity contribution in [2.24, 2.45) is 0 Å². The number of hydrogen-bond donors (Lipinski definition) is 2. The molecule has 0 aliphatic rings. The predicted octanol–water partition coefficient (Wildman–Crippen LogP) is 2.94. The molecule has 110 valence electrons. The first-order chi connectivity index (χ1) is 10.1. The summed E-state index contributed by atoms with van der Waals surface area (Å²) in [7, 11) is 3.61. The molecule has 0 aliphatic carbocycles. The van der Waals surface area contributed by atoms with E-state index < -0.39 is 0 Å². The predicted molar refractivity (Wildman–Crippen MR) is 84.3 cm³/mol. The van der Waals surface area contributed by atoms with Gasteiger partial charge in [-0.25, -0.2) is 4.39 Å². The Bertz CT molecular complexity index is 613. The lowest BCUT2D eigenvalue weighted by Gasteiger charge is -2.18. The fraction of sp³-hybridized carbons (Fsp3) is 0.188. The van der Waals surface area contributed by atoms with E-state index in [2.05, 4.69) is 10.6 Å². The Morgan fingerprint density at radius 2 is 1.81 bits per heavy atom. The van der Waals surface area contributed by atoms with Crippen LogP contribution in [0, 0.1) is 5.82 Å². The highest BCUT2D eigenvalue weighted by Crippen LogP contribution is 2.15. The first-order valence-electron chi connectivity index (χ1n) is 6.63. The lowest BCUT2D eigenvalue weighted by molar-refractivity contribution is -0.114. The first-order valence-corrected chi connectivity index (χ1v) is 6.63. The number of hydrogen-bond acceptors (Lipinski definition) is 3. The number of likely N-dealkylation sites (N-methyl/N-ethyl adjacent to an activating group) is 1. The van der Waals surface area contributed by atoms with Gasteiger partial charge in [0.25, 0.3) is 0 Å². The molecule has 2 aromatic carbocycles. The zero-order valence-electron chi connectivity index (χ0n) is 12.1. The van der Waals surface area contributed by atoms with Gasteiger partial charge in [-0.1, -0.05) is 6.07 Å². The normalized spacial score (nSPS) is 10.0. The minimum atomic E-state index is -0.291. The summed E-state index contributed by atoms with van der Waals surface area (Å²) in [4.78, 5) is 13.8. The summed E-state index contributed by atoms with van der Waals surface area (Å²) in [5.74, 6) is -0.421. The molecule has 0 saturated heterocycles. The Morgan fingerprint density at radius 1 is 1.14 bits per heavy atom. The fourth-order valence-electron chi connectivity index (χ4n) is 1.96. The molecule has 2 rings (SSSR count). The third-order valence-electron chi connectivity index (χ3n) is 3.08. The molecule has 2 aromatic rings. The second kappa shape index (κ2) is 6.74. The number of nitrogens with one attached hydrogen (secondary N) is 2. The van der Waals surface area contributed by atoms with E-state index in [1.807, 2.05) is 31.3 Å². The lowest BCUT2D eigenvalue weighted by Crippen LogP contribution is -2.30. The Balaban J connectivity index is 1.96. The second-order valence-corrected chi connectivity index (χ2v) is 4.71. The molecule has 0 aromatic heterocycles. The number of halogens is 1. The largest absolute Gasteiger partial charge is 0.388 e. The van der Waals surface area contributed by atoms with Crippen molar-refractivity contribution in [3.8, 4) is 0 Å². The van der Waals surface area contributed by atoms with Crippen molar-refractivity contribution in [2.45, 2.75) is 0 Å². The maximum atomic E-state index is 12.9. The van der Waals surface area contributed by atoms with Crippen LogP contribution < -0.4 is 15.5 Å². The zero-order chi connectivity index (χ0) is 15.2. The second-order valence-electron chi connectivity index (χ2n) is 4.71. The highest BCUT2D eigenvalue weighted by Gasteiger charge is 2.08. The Labute approximate surface area is 123 Å². The van der Waals surface area contributed by atoms with Gasteiger partial charge in [-0.3, -0.25) is 4.79 Å². The SMILES string of the molecule is CNc1cccc(NC(=O)CN(C)c2ccc(F)cc2)c1. The van der Waals surface area contributed by atoms with Crippen LogP contribution in [0.4, 0.5) is 21.5 Å². The van der Waals surface area contributed by atoms with E-state index in [9.17, 15) is 9.18 Å². The highest BCUT2D eigenvalue weighted by atomic mass is 19.1. The third kappa shape index (κ3) is 4.21. The van der Waals surface area contributed by atoms with E-state index in [0.29, 0.717) is 0 Å². The fourth-order valence-corrected chi connectivity index (χ4v) is 1.96. The third-order valence-corrected chi connectivity index (χ3v) is 3.08. The molecule has 5 heteroatoms. The standard InChI is InChI=1S/C16H18FN3O/c1-18-13-4-3-5-14(10-13)19-16(21)11-20(2)15-8-6-12(17)7-9-15/h3-10,18H,11H2,1-2H3,(H,19,21). The van der Waals surface area contributed by atoms with Crippen LogP contribution in [0.15, 0.2) is 48.5 Å². The number of nitrogens with zero attached hydrogens (tertiary/aromatic N) is 1. The van der Waals surface area contributed by atoms with E-state index in [-0.39, 0.29) is 18.3 Å². The van der Waals surface area contributed by atoms with Crippen LogP contribution in [0.1, 0.15) is 0 Å². The smallest absolute Gasteiger partial charge is 0.243 e. The molecule has 0 fully saturated rings. The molecular weight excluding hydrogens is 269 g/mol. The molecular formula is C16H18FN3O. The number of anilines is 3. The molecule has 0 aliphatic heterocycles. The highest BCUT2D eigenvalue weighted by molar-refractivity contribution is 5.94. The summed E-state index contributed by atoms with van der Waals surface area (Å²) in [5.41, 5.74) is 2.45. The van der Waals surface area contributed by atoms with E-state index in [4.69, 9.17) is 0 Å². The molecule has 0 saturated carbocycles. The van der Waals surface area contributed by atoms with Crippen molar-refractivity contribution in [1.82, 2.24) is 0 Å². The summed E-state index contributed by atoms with van der Waals surface area (Å²) in [6, 6.07) is 13.5. The van der Waals surface area contributed by atoms with Gasteiger partial charge in [0.1, 0.15) is 5.82 Å². The van der Waals surface area contributed by atoms with Crippen molar-refractivity contribution >= 4 is 23.0 Å². The summed E-state index contributed by atoms with van der Waals surface area (Å²) >= 11 is 0. The molecule has 0 unspecified atom stereocenters. The van der Waals surface area contributed by atoms with Crippen molar-refractivity contribution in [3.05, 3.63) is 54.3 Å². The summed E-state index contributed by atoms with van der Waals surface area (Å²) in [6.07, 6.45) is 0. The van der Waals surface area contributed by atoms with Crippen LogP contribution in [0.5, 0.6) is 0 Å². The minimum absolute atomic E-state index is 0.130. The van der Waals surface area contributed by atoms with E-state index in [1.165, 1.54) is 12.1 Å². The Kier molecular flexibility index (Phi) is 4.77. The van der Waals surface area contributed by atoms with Crippen molar-refractivity contribution < 1.29 is 9.18 Å². The summed E-state index contributed by atoms with van der Waals surface area (Å²) < 4.78 is 12.9. The van der Waals surface area contributed by atoms with Gasteiger partial charge < -0.3 is 15.5 Å². The van der Waals surface area contributed by atoms with Gasteiger partial charge in [0.15, 0.2) is 0 Å². The number of rotatable bonds is 5. The van der Waals surface area contributed by atoms with Gasteiger partial charge in [0.05, 0.1) is 6.54 Å². The summed E-state index contributed by atoms with van der Waals surface area (Å²) in [5, 5.41) is 5.85. The molecule has 0 heterocycles. The van der Waals surface area contributed by atoms with Gasteiger partial charge in [0, 0.05) is 31.2 Å². The maximum Gasteiger partial charge on any atom is 0.243 e. The molecule has 0 bridgehead atoms. The zero-order valence-corrected chi connectivity index (χ0v) is 12.1. The molecule has 4 nitrogen and oxygen atoms in total. The van der Waals surface area contributed by atoms with Gasteiger partial charge in [-0.2, -0.15) is 0 Å². The van der Waals surface area contributed by atoms with Crippen LogP contribution >= 0.6 is 0 Å². The molecule has 21 heavy (non-hydrogen) atoms. The average molecular weight is 287 g/mol. The molecule has 1 amide bonds. The Morgan fingerprint density at radius 3 is 2.48 bits per heavy atom. The van der Waals surface area contributed by atoms with E-state index in [0.717, 1.165) is 17.1 Å². The summed E-state index contributed by atoms with van der Waals surface area (Å²) in [6.45, 7) is 0.190. The monoisotopic (exact) mass is 287 g/mol. The molecule has 0 atom stereocenters. The Hall–Kier alpha value is -2.56. The first kappa shape index (κ1) is 14.8. The average Bonchev–Trinajstić information content (AvgIpc) is 2.47. The number of carbonyl (C=O) groups is 1. The van der Waals surface area contributed by atoms with Crippen LogP contribution in [-0.2, 0) is 4.79 Å². The van der Waals surface area contributed by atoms with E-state index in [1.54, 1.807) is 24.1 Å². The number of amides is 1. The van der Waals surface area contributed by atoms with Crippen molar-refractivity contribution in [1.29, 1.82) is 0 Å². The molecule has 0 radical (unpaired) electrons. The number of benzene rings is 2. The molecule has 2 N–H and O–H groups in total.